The molecule has 3 rings (SSSR count). The molecule has 28 heavy (non-hydrogen) atoms. The van der Waals surface area contributed by atoms with E-state index in [1.54, 1.807) is 11.0 Å². The fraction of sp³-hybridized carbons (Fsp3) is 0.476. The number of hydrogen-bond acceptors (Lipinski definition) is 5. The second-order valence-corrected chi connectivity index (χ2v) is 7.55. The molecule has 0 unspecified atom stereocenters. The highest BCUT2D eigenvalue weighted by Gasteiger charge is 2.33. The summed E-state index contributed by atoms with van der Waals surface area (Å²) in [6.07, 6.45) is 2.49. The predicted molar refractivity (Wildman–Crippen MR) is 107 cm³/mol. The van der Waals surface area contributed by atoms with Crippen LogP contribution in [0.15, 0.2) is 34.9 Å². The number of likely N-dealkylation sites (N-methyl/N-ethyl adjacent to an activating group) is 1. The van der Waals surface area contributed by atoms with Gasteiger partial charge in [0.25, 0.3) is 5.91 Å². The Morgan fingerprint density at radius 3 is 2.71 bits per heavy atom. The molecule has 1 aromatic carbocycles. The van der Waals surface area contributed by atoms with Crippen LogP contribution in [-0.4, -0.2) is 66.5 Å². The van der Waals surface area contributed by atoms with E-state index in [9.17, 15) is 9.59 Å². The maximum absolute atomic E-state index is 13.0. The zero-order chi connectivity index (χ0) is 20.1. The Labute approximate surface area is 165 Å². The van der Waals surface area contributed by atoms with Gasteiger partial charge in [-0.15, -0.1) is 0 Å². The predicted octanol–water partition coefficient (Wildman–Crippen LogP) is 2.32. The minimum atomic E-state index is -0.456. The van der Waals surface area contributed by atoms with Gasteiger partial charge in [0.15, 0.2) is 11.5 Å². The van der Waals surface area contributed by atoms with E-state index in [1.165, 1.54) is 0 Å². The topological polar surface area (TPSA) is 78.7 Å². The van der Waals surface area contributed by atoms with Gasteiger partial charge in [-0.2, -0.15) is 0 Å². The molecule has 2 heterocycles. The van der Waals surface area contributed by atoms with Crippen LogP contribution in [0, 0.1) is 6.92 Å². The lowest BCUT2D eigenvalue weighted by Gasteiger charge is -2.34. The molecule has 2 aromatic rings. The molecule has 0 radical (unpaired) electrons. The largest absolute Gasteiger partial charge is 0.355 e. The zero-order valence-corrected chi connectivity index (χ0v) is 16.8. The quantitative estimate of drug-likeness (QED) is 0.827. The monoisotopic (exact) mass is 384 g/mol. The first-order chi connectivity index (χ1) is 13.5. The molecule has 0 saturated carbocycles. The molecular weight excluding hydrogens is 356 g/mol. The van der Waals surface area contributed by atoms with E-state index >= 15 is 0 Å². The van der Waals surface area contributed by atoms with Crippen LogP contribution in [0.2, 0.25) is 0 Å². The highest BCUT2D eigenvalue weighted by Crippen LogP contribution is 2.24. The second-order valence-electron chi connectivity index (χ2n) is 7.55. The SMILES string of the molecule is Cc1ccc(-c2cc(C(=O)N3CCCC[C@@H]3C(=O)NCCN(C)C)no2)cc1. The van der Waals surface area contributed by atoms with Gasteiger partial charge in [0.05, 0.1) is 0 Å². The number of aryl methyl sites for hydroxylation is 1. The number of benzene rings is 1. The summed E-state index contributed by atoms with van der Waals surface area (Å²) < 4.78 is 5.39. The van der Waals surface area contributed by atoms with Gasteiger partial charge in [0.1, 0.15) is 6.04 Å². The lowest BCUT2D eigenvalue weighted by atomic mass is 10.0. The van der Waals surface area contributed by atoms with Gasteiger partial charge in [-0.05, 0) is 40.3 Å². The van der Waals surface area contributed by atoms with Gasteiger partial charge < -0.3 is 19.6 Å². The number of nitrogens with zero attached hydrogens (tertiary/aromatic N) is 3. The van der Waals surface area contributed by atoms with Gasteiger partial charge in [-0.3, -0.25) is 9.59 Å². The number of aromatic nitrogens is 1. The normalized spacial score (nSPS) is 17.0. The number of hydrogen-bond donors (Lipinski definition) is 1. The van der Waals surface area contributed by atoms with Crippen molar-refractivity contribution >= 4 is 11.8 Å². The molecule has 1 fully saturated rings. The van der Waals surface area contributed by atoms with Crippen LogP contribution in [0.5, 0.6) is 0 Å². The molecule has 0 spiro atoms. The van der Waals surface area contributed by atoms with E-state index in [0.717, 1.165) is 30.5 Å². The van der Waals surface area contributed by atoms with Gasteiger partial charge in [-0.25, -0.2) is 0 Å². The van der Waals surface area contributed by atoms with E-state index < -0.39 is 6.04 Å². The number of piperidine rings is 1. The van der Waals surface area contributed by atoms with E-state index in [0.29, 0.717) is 25.3 Å². The molecule has 1 aliphatic rings. The van der Waals surface area contributed by atoms with Gasteiger partial charge in [-0.1, -0.05) is 35.0 Å². The number of nitrogens with one attached hydrogen (secondary N) is 1. The minimum Gasteiger partial charge on any atom is -0.355 e. The smallest absolute Gasteiger partial charge is 0.276 e. The Hall–Kier alpha value is -2.67. The summed E-state index contributed by atoms with van der Waals surface area (Å²) in [4.78, 5) is 29.3. The van der Waals surface area contributed by atoms with Crippen LogP contribution in [0.25, 0.3) is 11.3 Å². The zero-order valence-electron chi connectivity index (χ0n) is 16.8. The molecule has 1 aromatic heterocycles. The third-order valence-corrected chi connectivity index (χ3v) is 4.99. The second kappa shape index (κ2) is 9.01. The number of carbonyl (C=O) groups excluding carboxylic acids is 2. The Balaban J connectivity index is 1.70. The van der Waals surface area contributed by atoms with Crippen molar-refractivity contribution in [2.75, 3.05) is 33.7 Å². The average molecular weight is 384 g/mol. The lowest BCUT2D eigenvalue weighted by molar-refractivity contribution is -0.126. The summed E-state index contributed by atoms with van der Waals surface area (Å²) in [6, 6.07) is 9.04. The standard InChI is InChI=1S/C21H28N4O3/c1-15-7-9-16(10-8-15)19-14-17(23-28-19)21(27)25-12-5-4-6-18(25)20(26)22-11-13-24(2)3/h7-10,14,18H,4-6,11-13H2,1-3H3,(H,22,26)/t18-/m1/s1. The molecule has 1 N–H and O–H groups in total. The van der Waals surface area contributed by atoms with Crippen LogP contribution in [0.1, 0.15) is 35.3 Å². The Bertz CT molecular complexity index is 813. The number of likely N-dealkylation sites (tertiary alicyclic amines) is 1. The summed E-state index contributed by atoms with van der Waals surface area (Å²) in [5.74, 6) is 0.194. The third-order valence-electron chi connectivity index (χ3n) is 4.99. The highest BCUT2D eigenvalue weighted by atomic mass is 16.5. The van der Waals surface area contributed by atoms with Crippen LogP contribution >= 0.6 is 0 Å². The number of rotatable bonds is 6. The number of carbonyl (C=O) groups is 2. The van der Waals surface area contributed by atoms with E-state index in [4.69, 9.17) is 4.52 Å². The summed E-state index contributed by atoms with van der Waals surface area (Å²) in [6.45, 7) is 3.89. The number of amides is 2. The van der Waals surface area contributed by atoms with Crippen molar-refractivity contribution < 1.29 is 14.1 Å². The van der Waals surface area contributed by atoms with Crippen molar-refractivity contribution in [3.05, 3.63) is 41.6 Å². The van der Waals surface area contributed by atoms with Crippen LogP contribution in [0.3, 0.4) is 0 Å². The fourth-order valence-electron chi connectivity index (χ4n) is 3.34. The van der Waals surface area contributed by atoms with Crippen molar-refractivity contribution in [3.63, 3.8) is 0 Å². The lowest BCUT2D eigenvalue weighted by Crippen LogP contribution is -2.52. The minimum absolute atomic E-state index is 0.0999. The first-order valence-electron chi connectivity index (χ1n) is 9.73. The summed E-state index contributed by atoms with van der Waals surface area (Å²) >= 11 is 0. The Morgan fingerprint density at radius 1 is 1.25 bits per heavy atom. The average Bonchev–Trinajstić information content (AvgIpc) is 3.18. The van der Waals surface area contributed by atoms with Crippen LogP contribution < -0.4 is 5.32 Å². The van der Waals surface area contributed by atoms with Crippen molar-refractivity contribution in [2.24, 2.45) is 0 Å². The highest BCUT2D eigenvalue weighted by molar-refractivity contribution is 5.96. The first-order valence-corrected chi connectivity index (χ1v) is 9.73. The molecule has 1 saturated heterocycles. The van der Waals surface area contributed by atoms with Crippen molar-refractivity contribution in [1.29, 1.82) is 0 Å². The Morgan fingerprint density at radius 2 is 2.00 bits per heavy atom. The van der Waals surface area contributed by atoms with E-state index in [2.05, 4.69) is 10.5 Å². The molecule has 1 aliphatic heterocycles. The molecule has 2 amide bonds. The van der Waals surface area contributed by atoms with Crippen molar-refractivity contribution in [3.8, 4) is 11.3 Å². The van der Waals surface area contributed by atoms with Gasteiger partial charge in [0.2, 0.25) is 5.91 Å². The summed E-state index contributed by atoms with van der Waals surface area (Å²) in [5, 5.41) is 6.90. The molecule has 0 aliphatic carbocycles. The molecule has 150 valence electrons. The fourth-order valence-corrected chi connectivity index (χ4v) is 3.34. The maximum Gasteiger partial charge on any atom is 0.276 e. The van der Waals surface area contributed by atoms with Crippen molar-refractivity contribution in [2.45, 2.75) is 32.2 Å². The molecular formula is C21H28N4O3. The first kappa shape index (κ1) is 20.1. The van der Waals surface area contributed by atoms with Gasteiger partial charge >= 0.3 is 0 Å². The summed E-state index contributed by atoms with van der Waals surface area (Å²) in [5.41, 5.74) is 2.26. The molecule has 0 bridgehead atoms. The van der Waals surface area contributed by atoms with Crippen molar-refractivity contribution in [1.82, 2.24) is 20.3 Å². The van der Waals surface area contributed by atoms with Crippen LogP contribution in [0.4, 0.5) is 0 Å². The van der Waals surface area contributed by atoms with E-state index in [-0.39, 0.29) is 17.5 Å². The molecule has 7 heteroatoms. The van der Waals surface area contributed by atoms with Gasteiger partial charge in [0, 0.05) is 31.3 Å². The third kappa shape index (κ3) is 4.78. The molecule has 1 atom stereocenters. The summed E-state index contributed by atoms with van der Waals surface area (Å²) in [7, 11) is 3.91. The Kier molecular flexibility index (Phi) is 6.46. The van der Waals surface area contributed by atoms with E-state index in [1.807, 2.05) is 50.2 Å². The maximum atomic E-state index is 13.0. The van der Waals surface area contributed by atoms with Crippen LogP contribution in [-0.2, 0) is 4.79 Å². The molecule has 7 nitrogen and oxygen atoms in total.